The molecule has 0 spiro atoms. The van der Waals surface area contributed by atoms with Gasteiger partial charge in [0.05, 0.1) is 17.6 Å². The molecule has 1 aliphatic carbocycles. The van der Waals surface area contributed by atoms with E-state index in [-0.39, 0.29) is 29.9 Å². The largest absolute Gasteiger partial charge is 0.444 e. The predicted molar refractivity (Wildman–Crippen MR) is 107 cm³/mol. The van der Waals surface area contributed by atoms with Gasteiger partial charge >= 0.3 is 0 Å². The maximum atomic E-state index is 12.7. The highest BCUT2D eigenvalue weighted by molar-refractivity contribution is 6.01. The number of benzene rings is 1. The number of nitrogens with zero attached hydrogens (tertiary/aromatic N) is 2. The number of aromatic amines is 1. The summed E-state index contributed by atoms with van der Waals surface area (Å²) in [4.78, 5) is 27.0. The molecule has 7 nitrogen and oxygen atoms in total. The van der Waals surface area contributed by atoms with Crippen molar-refractivity contribution in [1.82, 2.24) is 15.1 Å². The molecule has 0 saturated heterocycles. The average Bonchev–Trinajstić information content (AvgIpc) is 3.01. The highest BCUT2D eigenvalue weighted by Crippen LogP contribution is 2.33. The molecule has 0 saturated carbocycles. The van der Waals surface area contributed by atoms with Gasteiger partial charge in [0, 0.05) is 6.04 Å². The minimum Gasteiger partial charge on any atom is -0.444 e. The normalized spacial score (nSPS) is 16.4. The van der Waals surface area contributed by atoms with Gasteiger partial charge in [0.25, 0.3) is 5.56 Å². The second-order valence-corrected chi connectivity index (χ2v) is 7.45. The van der Waals surface area contributed by atoms with Gasteiger partial charge in [0.2, 0.25) is 11.8 Å². The summed E-state index contributed by atoms with van der Waals surface area (Å²) in [6, 6.07) is 8.63. The van der Waals surface area contributed by atoms with Crippen LogP contribution in [0.4, 0.5) is 5.88 Å². The van der Waals surface area contributed by atoms with Crippen LogP contribution in [0.5, 0.6) is 0 Å². The number of hydrogen-bond donors (Lipinski definition) is 2. The quantitative estimate of drug-likeness (QED) is 0.726. The van der Waals surface area contributed by atoms with Crippen LogP contribution in [0.1, 0.15) is 41.5 Å². The molecule has 1 aromatic carbocycles. The maximum Gasteiger partial charge on any atom is 0.277 e. The van der Waals surface area contributed by atoms with Crippen LogP contribution in [0.3, 0.4) is 0 Å². The molecule has 146 valence electrons. The lowest BCUT2D eigenvalue weighted by molar-refractivity contribution is -0.117. The van der Waals surface area contributed by atoms with Gasteiger partial charge in [-0.1, -0.05) is 24.3 Å². The molecule has 1 amide bonds. The first kappa shape index (κ1) is 18.4. The fraction of sp³-hybridized carbons (Fsp3) is 0.381. The van der Waals surface area contributed by atoms with E-state index in [2.05, 4.69) is 38.6 Å². The Morgan fingerprint density at radius 1 is 1.32 bits per heavy atom. The van der Waals surface area contributed by atoms with E-state index in [1.807, 2.05) is 13.1 Å². The third kappa shape index (κ3) is 3.22. The monoisotopic (exact) mass is 380 g/mol. The minimum atomic E-state index is -0.373. The Bertz CT molecular complexity index is 1100. The summed E-state index contributed by atoms with van der Waals surface area (Å²) in [6.45, 7) is 3.76. The van der Waals surface area contributed by atoms with E-state index in [9.17, 15) is 9.59 Å². The Hall–Kier alpha value is -2.93. The van der Waals surface area contributed by atoms with Crippen molar-refractivity contribution < 1.29 is 9.21 Å². The van der Waals surface area contributed by atoms with Crippen molar-refractivity contribution in [3.8, 4) is 0 Å². The van der Waals surface area contributed by atoms with Gasteiger partial charge in [-0.05, 0) is 51.3 Å². The Morgan fingerprint density at radius 2 is 2.11 bits per heavy atom. The molecule has 2 N–H and O–H groups in total. The first-order chi connectivity index (χ1) is 13.5. The highest BCUT2D eigenvalue weighted by atomic mass is 16.4. The number of nitrogens with one attached hydrogen (secondary N) is 2. The molecule has 7 heteroatoms. The molecule has 2 heterocycles. The zero-order chi connectivity index (χ0) is 19.8. The van der Waals surface area contributed by atoms with E-state index >= 15 is 0 Å². The summed E-state index contributed by atoms with van der Waals surface area (Å²) in [6.07, 6.45) is 3.21. The fourth-order valence-corrected chi connectivity index (χ4v) is 4.22. The molecule has 0 unspecified atom stereocenters. The summed E-state index contributed by atoms with van der Waals surface area (Å²) >= 11 is 0. The fourth-order valence-electron chi connectivity index (χ4n) is 4.22. The molecule has 4 rings (SSSR count). The van der Waals surface area contributed by atoms with Crippen molar-refractivity contribution in [2.24, 2.45) is 0 Å². The number of anilines is 1. The number of fused-ring (bicyclic) bond motifs is 2. The van der Waals surface area contributed by atoms with Crippen molar-refractivity contribution in [2.75, 3.05) is 18.9 Å². The molecular formula is C21H24N4O3. The summed E-state index contributed by atoms with van der Waals surface area (Å²) in [5, 5.41) is 10.2. The molecule has 0 radical (unpaired) electrons. The number of furan rings is 1. The van der Waals surface area contributed by atoms with E-state index in [0.717, 1.165) is 19.3 Å². The average molecular weight is 380 g/mol. The number of hydrogen-bond acceptors (Lipinski definition) is 5. The standard InChI is InChI=1S/C21H24N4O3/c1-12-18-13(2)28-21(19(18)20(27)24-23-12)22-17(26)11-25(3)16-10-6-8-14-7-4-5-9-15(14)16/h4-5,7,9,16H,6,8,10-11H2,1-3H3,(H,22,26)(H,24,27)/t16-/m0/s1. The van der Waals surface area contributed by atoms with Crippen LogP contribution in [0.2, 0.25) is 0 Å². The minimum absolute atomic E-state index is 0.182. The highest BCUT2D eigenvalue weighted by Gasteiger charge is 2.25. The Kier molecular flexibility index (Phi) is 4.77. The number of rotatable bonds is 4. The van der Waals surface area contributed by atoms with Crippen LogP contribution >= 0.6 is 0 Å². The zero-order valence-corrected chi connectivity index (χ0v) is 16.3. The lowest BCUT2D eigenvalue weighted by Crippen LogP contribution is -2.35. The molecule has 0 bridgehead atoms. The van der Waals surface area contributed by atoms with Crippen LogP contribution in [0.15, 0.2) is 33.5 Å². The lowest BCUT2D eigenvalue weighted by Gasteiger charge is -2.32. The van der Waals surface area contributed by atoms with E-state index in [4.69, 9.17) is 4.42 Å². The SMILES string of the molecule is Cc1n[nH]c(=O)c2c(NC(=O)CN(C)[C@H]3CCCc4ccccc43)oc(C)c12. The van der Waals surface area contributed by atoms with Crippen LogP contribution < -0.4 is 10.9 Å². The number of H-pyrrole nitrogens is 1. The van der Waals surface area contributed by atoms with E-state index < -0.39 is 0 Å². The lowest BCUT2D eigenvalue weighted by atomic mass is 9.87. The van der Waals surface area contributed by atoms with Crippen molar-refractivity contribution in [3.63, 3.8) is 0 Å². The summed E-state index contributed by atoms with van der Waals surface area (Å²) in [5.74, 6) is 0.535. The van der Waals surface area contributed by atoms with Crippen LogP contribution in [-0.4, -0.2) is 34.6 Å². The molecule has 1 aliphatic rings. The topological polar surface area (TPSA) is 91.2 Å². The summed E-state index contributed by atoms with van der Waals surface area (Å²) in [7, 11) is 1.96. The van der Waals surface area contributed by atoms with Gasteiger partial charge in [-0.15, -0.1) is 0 Å². The van der Waals surface area contributed by atoms with Crippen molar-refractivity contribution >= 4 is 22.6 Å². The molecule has 28 heavy (non-hydrogen) atoms. The molecule has 0 fully saturated rings. The third-order valence-electron chi connectivity index (χ3n) is 5.51. The number of carbonyl (C=O) groups is 1. The number of aromatic nitrogens is 2. The van der Waals surface area contributed by atoms with Crippen molar-refractivity contribution in [1.29, 1.82) is 0 Å². The summed E-state index contributed by atoms with van der Waals surface area (Å²) < 4.78 is 5.67. The molecule has 3 aromatic rings. The second-order valence-electron chi connectivity index (χ2n) is 7.45. The number of aryl methyl sites for hydroxylation is 3. The van der Waals surface area contributed by atoms with E-state index in [1.54, 1.807) is 13.8 Å². The number of amides is 1. The predicted octanol–water partition coefficient (Wildman–Crippen LogP) is 3.08. The summed E-state index contributed by atoms with van der Waals surface area (Å²) in [5.41, 5.74) is 2.93. The Morgan fingerprint density at radius 3 is 2.93 bits per heavy atom. The smallest absolute Gasteiger partial charge is 0.277 e. The van der Waals surface area contributed by atoms with Gasteiger partial charge in [-0.3, -0.25) is 19.8 Å². The number of likely N-dealkylation sites (N-methyl/N-ethyl adjacent to an activating group) is 1. The van der Waals surface area contributed by atoms with E-state index in [1.165, 1.54) is 11.1 Å². The Balaban J connectivity index is 1.54. The molecular weight excluding hydrogens is 356 g/mol. The third-order valence-corrected chi connectivity index (χ3v) is 5.51. The van der Waals surface area contributed by atoms with Crippen LogP contribution in [0, 0.1) is 13.8 Å². The van der Waals surface area contributed by atoms with Gasteiger partial charge in [0.15, 0.2) is 0 Å². The van der Waals surface area contributed by atoms with Gasteiger partial charge in [-0.2, -0.15) is 5.10 Å². The van der Waals surface area contributed by atoms with E-state index in [0.29, 0.717) is 22.2 Å². The van der Waals surface area contributed by atoms with Crippen molar-refractivity contribution in [3.05, 3.63) is 57.2 Å². The van der Waals surface area contributed by atoms with Gasteiger partial charge in [0.1, 0.15) is 11.1 Å². The van der Waals surface area contributed by atoms with Crippen LogP contribution in [-0.2, 0) is 11.2 Å². The molecule has 2 aromatic heterocycles. The maximum absolute atomic E-state index is 12.7. The van der Waals surface area contributed by atoms with Crippen LogP contribution in [0.25, 0.3) is 10.8 Å². The zero-order valence-electron chi connectivity index (χ0n) is 16.3. The molecule has 1 atom stereocenters. The van der Waals surface area contributed by atoms with Gasteiger partial charge in [-0.25, -0.2) is 5.10 Å². The first-order valence-electron chi connectivity index (χ1n) is 9.52. The molecule has 0 aliphatic heterocycles. The Labute approximate surface area is 162 Å². The van der Waals surface area contributed by atoms with Crippen molar-refractivity contribution in [2.45, 2.75) is 39.2 Å². The van der Waals surface area contributed by atoms with Gasteiger partial charge < -0.3 is 4.42 Å². The number of carbonyl (C=O) groups excluding carboxylic acids is 1. The second kappa shape index (κ2) is 7.24. The first-order valence-corrected chi connectivity index (χ1v) is 9.52.